The molecule has 0 bridgehead atoms. The van der Waals surface area contributed by atoms with Gasteiger partial charge in [0.05, 0.1) is 13.7 Å². The first-order valence-corrected chi connectivity index (χ1v) is 7.00. The van der Waals surface area contributed by atoms with Gasteiger partial charge in [-0.25, -0.2) is 4.98 Å². The second-order valence-electron chi connectivity index (χ2n) is 5.19. The minimum Gasteiger partial charge on any atom is -0.497 e. The predicted molar refractivity (Wildman–Crippen MR) is 81.6 cm³/mol. The molecule has 112 valence electrons. The normalized spacial score (nSPS) is 10.7. The Morgan fingerprint density at radius 1 is 1.10 bits per heavy atom. The first-order chi connectivity index (χ1) is 10.1. The molecule has 0 fully saturated rings. The number of hydrogen-bond acceptors (Lipinski definition) is 4. The van der Waals surface area contributed by atoms with Gasteiger partial charge in [-0.3, -0.25) is 0 Å². The summed E-state index contributed by atoms with van der Waals surface area (Å²) in [6, 6.07) is 11.4. The van der Waals surface area contributed by atoms with E-state index < -0.39 is 0 Å². The van der Waals surface area contributed by atoms with Crippen molar-refractivity contribution in [3.63, 3.8) is 0 Å². The highest BCUT2D eigenvalue weighted by atomic mass is 16.5. The maximum Gasteiger partial charge on any atom is 0.214 e. The smallest absolute Gasteiger partial charge is 0.214 e. The summed E-state index contributed by atoms with van der Waals surface area (Å²) >= 11 is 0. The second-order valence-corrected chi connectivity index (χ2v) is 5.19. The van der Waals surface area contributed by atoms with Gasteiger partial charge in [-0.2, -0.15) is 0 Å². The van der Waals surface area contributed by atoms with Crippen LogP contribution in [0.2, 0.25) is 0 Å². The zero-order valence-corrected chi connectivity index (χ0v) is 12.7. The number of rotatable bonds is 6. The van der Waals surface area contributed by atoms with Crippen molar-refractivity contribution in [1.82, 2.24) is 4.98 Å². The van der Waals surface area contributed by atoms with E-state index in [1.165, 1.54) is 0 Å². The Morgan fingerprint density at radius 2 is 1.81 bits per heavy atom. The van der Waals surface area contributed by atoms with Crippen LogP contribution in [-0.4, -0.2) is 17.2 Å². The van der Waals surface area contributed by atoms with Gasteiger partial charge in [0, 0.05) is 11.8 Å². The first-order valence-electron chi connectivity index (χ1n) is 7.00. The van der Waals surface area contributed by atoms with Crippen LogP contribution < -0.4 is 9.47 Å². The highest BCUT2D eigenvalue weighted by Gasteiger charge is 2.07. The van der Waals surface area contributed by atoms with Crippen LogP contribution in [0.1, 0.15) is 36.6 Å². The zero-order valence-electron chi connectivity index (χ0n) is 12.7. The van der Waals surface area contributed by atoms with Crippen LogP contribution in [0.5, 0.6) is 11.6 Å². The monoisotopic (exact) mass is 287 g/mol. The minimum atomic E-state index is -0.0128. The number of methoxy groups -OCH3 is 1. The summed E-state index contributed by atoms with van der Waals surface area (Å²) in [6.45, 7) is 4.55. The fraction of sp³-hybridized carbons (Fsp3) is 0.353. The van der Waals surface area contributed by atoms with Gasteiger partial charge < -0.3 is 14.6 Å². The van der Waals surface area contributed by atoms with E-state index >= 15 is 0 Å². The average molecular weight is 287 g/mol. The highest BCUT2D eigenvalue weighted by Crippen LogP contribution is 2.20. The van der Waals surface area contributed by atoms with Gasteiger partial charge in [-0.15, -0.1) is 0 Å². The lowest BCUT2D eigenvalue weighted by Crippen LogP contribution is -2.02. The molecule has 0 saturated carbocycles. The Kier molecular flexibility index (Phi) is 5.17. The standard InChI is InChI=1S/C17H21NO3/c1-12(2)16-8-14(10-19)9-17(18-16)21-11-13-4-6-15(20-3)7-5-13/h4-9,12,19H,10-11H2,1-3H3. The minimum absolute atomic E-state index is 0.0128. The maximum absolute atomic E-state index is 9.31. The molecule has 4 heteroatoms. The van der Waals surface area contributed by atoms with E-state index in [0.29, 0.717) is 18.4 Å². The lowest BCUT2D eigenvalue weighted by Gasteiger charge is -2.11. The molecule has 0 atom stereocenters. The lowest BCUT2D eigenvalue weighted by atomic mass is 10.1. The van der Waals surface area contributed by atoms with Gasteiger partial charge in [0.25, 0.3) is 0 Å². The van der Waals surface area contributed by atoms with E-state index in [9.17, 15) is 5.11 Å². The lowest BCUT2D eigenvalue weighted by molar-refractivity contribution is 0.274. The number of nitrogens with zero attached hydrogens (tertiary/aromatic N) is 1. The molecule has 0 aliphatic rings. The zero-order chi connectivity index (χ0) is 15.2. The topological polar surface area (TPSA) is 51.6 Å². The van der Waals surface area contributed by atoms with Gasteiger partial charge in [-0.05, 0) is 35.2 Å². The summed E-state index contributed by atoms with van der Waals surface area (Å²) in [4.78, 5) is 4.47. The number of pyridine rings is 1. The third-order valence-electron chi connectivity index (χ3n) is 3.20. The molecule has 0 unspecified atom stereocenters. The molecule has 1 heterocycles. The Morgan fingerprint density at radius 3 is 2.38 bits per heavy atom. The van der Waals surface area contributed by atoms with Crippen LogP contribution in [0.3, 0.4) is 0 Å². The van der Waals surface area contributed by atoms with Crippen LogP contribution >= 0.6 is 0 Å². The van der Waals surface area contributed by atoms with Crippen LogP contribution in [0.4, 0.5) is 0 Å². The molecular formula is C17H21NO3. The maximum atomic E-state index is 9.31. The molecule has 0 aliphatic carbocycles. The Hall–Kier alpha value is -2.07. The highest BCUT2D eigenvalue weighted by molar-refractivity contribution is 5.28. The quantitative estimate of drug-likeness (QED) is 0.885. The van der Waals surface area contributed by atoms with Crippen molar-refractivity contribution < 1.29 is 14.6 Å². The molecule has 0 spiro atoms. The summed E-state index contributed by atoms with van der Waals surface area (Å²) in [5.74, 6) is 1.65. The third-order valence-corrected chi connectivity index (χ3v) is 3.20. The average Bonchev–Trinajstić information content (AvgIpc) is 2.53. The van der Waals surface area contributed by atoms with Crippen molar-refractivity contribution in [3.05, 3.63) is 53.2 Å². The van der Waals surface area contributed by atoms with Gasteiger partial charge in [0.2, 0.25) is 5.88 Å². The van der Waals surface area contributed by atoms with Crippen molar-refractivity contribution in [2.75, 3.05) is 7.11 Å². The SMILES string of the molecule is COc1ccc(COc2cc(CO)cc(C(C)C)n2)cc1. The molecule has 1 N–H and O–H groups in total. The van der Waals surface area contributed by atoms with Crippen molar-refractivity contribution in [1.29, 1.82) is 0 Å². The number of benzene rings is 1. The van der Waals surface area contributed by atoms with Crippen LogP contribution in [0, 0.1) is 0 Å². The van der Waals surface area contributed by atoms with Gasteiger partial charge in [-0.1, -0.05) is 26.0 Å². The second kappa shape index (κ2) is 7.09. The van der Waals surface area contributed by atoms with Gasteiger partial charge in [0.15, 0.2) is 0 Å². The predicted octanol–water partition coefficient (Wildman–Crippen LogP) is 3.28. The Balaban J connectivity index is 2.09. The number of aliphatic hydroxyl groups excluding tert-OH is 1. The fourth-order valence-corrected chi connectivity index (χ4v) is 1.92. The molecule has 2 aromatic rings. The summed E-state index contributed by atoms with van der Waals surface area (Å²) in [7, 11) is 1.64. The van der Waals surface area contributed by atoms with E-state index in [4.69, 9.17) is 9.47 Å². The molecule has 1 aromatic carbocycles. The summed E-state index contributed by atoms with van der Waals surface area (Å²) < 4.78 is 10.9. The van der Waals surface area contributed by atoms with Gasteiger partial charge >= 0.3 is 0 Å². The molecular weight excluding hydrogens is 266 g/mol. The van der Waals surface area contributed by atoms with Crippen molar-refractivity contribution in [2.45, 2.75) is 33.0 Å². The fourth-order valence-electron chi connectivity index (χ4n) is 1.92. The Labute approximate surface area is 125 Å². The van der Waals surface area contributed by atoms with Gasteiger partial charge in [0.1, 0.15) is 12.4 Å². The number of hydrogen-bond donors (Lipinski definition) is 1. The van der Waals surface area contributed by atoms with E-state index in [0.717, 1.165) is 22.6 Å². The van der Waals surface area contributed by atoms with E-state index in [1.807, 2.05) is 30.3 Å². The number of aliphatic hydroxyl groups is 1. The number of aromatic nitrogens is 1. The van der Waals surface area contributed by atoms with E-state index in [2.05, 4.69) is 18.8 Å². The van der Waals surface area contributed by atoms with Crippen molar-refractivity contribution in [2.24, 2.45) is 0 Å². The molecule has 21 heavy (non-hydrogen) atoms. The van der Waals surface area contributed by atoms with Crippen LogP contribution in [0.25, 0.3) is 0 Å². The molecule has 4 nitrogen and oxygen atoms in total. The molecule has 1 aromatic heterocycles. The largest absolute Gasteiger partial charge is 0.497 e. The summed E-state index contributed by atoms with van der Waals surface area (Å²) in [5.41, 5.74) is 2.78. The molecule has 0 amide bonds. The van der Waals surface area contributed by atoms with Crippen LogP contribution in [-0.2, 0) is 13.2 Å². The summed E-state index contributed by atoms with van der Waals surface area (Å²) in [5, 5.41) is 9.31. The van der Waals surface area contributed by atoms with Crippen LogP contribution in [0.15, 0.2) is 36.4 Å². The molecule has 2 rings (SSSR count). The van der Waals surface area contributed by atoms with E-state index in [-0.39, 0.29) is 6.61 Å². The third kappa shape index (κ3) is 4.20. The molecule has 0 radical (unpaired) electrons. The molecule has 0 aliphatic heterocycles. The summed E-state index contributed by atoms with van der Waals surface area (Å²) in [6.07, 6.45) is 0. The molecule has 0 saturated heterocycles. The van der Waals surface area contributed by atoms with Crippen molar-refractivity contribution >= 4 is 0 Å². The van der Waals surface area contributed by atoms with Crippen molar-refractivity contribution in [3.8, 4) is 11.6 Å². The first kappa shape index (κ1) is 15.3. The van der Waals surface area contributed by atoms with E-state index in [1.54, 1.807) is 13.2 Å². The Bertz CT molecular complexity index is 579. The number of ether oxygens (including phenoxy) is 2.